The monoisotopic (exact) mass is 648 g/mol. The van der Waals surface area contributed by atoms with Gasteiger partial charge in [0.1, 0.15) is 12.1 Å². The number of nitrogens with one attached hydrogen (secondary N) is 1. The highest BCUT2D eigenvalue weighted by molar-refractivity contribution is 6.74. The van der Waals surface area contributed by atoms with Crippen molar-refractivity contribution in [2.45, 2.75) is 90.0 Å². The van der Waals surface area contributed by atoms with E-state index in [1.165, 1.54) is 6.42 Å². The number of hydrogen-bond donors (Lipinski definition) is 1. The normalized spacial score (nSPS) is 17.4. The van der Waals surface area contributed by atoms with Crippen molar-refractivity contribution in [1.29, 1.82) is 0 Å². The second-order valence-electron chi connectivity index (χ2n) is 13.9. The molecule has 0 amide bonds. The summed E-state index contributed by atoms with van der Waals surface area (Å²) in [6.07, 6.45) is 9.24. The molecule has 4 heterocycles. The van der Waals surface area contributed by atoms with Crippen LogP contribution in [-0.2, 0) is 4.43 Å². The van der Waals surface area contributed by atoms with Gasteiger partial charge in [0.2, 0.25) is 11.7 Å². The van der Waals surface area contributed by atoms with E-state index in [-0.39, 0.29) is 11.1 Å². The zero-order valence-electron chi connectivity index (χ0n) is 28.7. The topological polar surface area (TPSA) is 114 Å². The van der Waals surface area contributed by atoms with Crippen LogP contribution in [0.2, 0.25) is 18.1 Å². The molecule has 1 atom stereocenters. The number of ether oxygens (including phenoxy) is 3. The Balaban J connectivity index is 1.35. The predicted octanol–water partition coefficient (Wildman–Crippen LogP) is 6.81. The first-order chi connectivity index (χ1) is 21.9. The van der Waals surface area contributed by atoms with Crippen molar-refractivity contribution in [2.75, 3.05) is 44.7 Å². The van der Waals surface area contributed by atoms with Crippen molar-refractivity contribution < 1.29 is 18.6 Å². The van der Waals surface area contributed by atoms with Crippen LogP contribution >= 0.6 is 0 Å². The zero-order chi connectivity index (χ0) is 32.8. The largest absolute Gasteiger partial charge is 0.493 e. The summed E-state index contributed by atoms with van der Waals surface area (Å²) in [5.74, 6) is 3.70. The first kappa shape index (κ1) is 32.1. The molecule has 1 unspecified atom stereocenters. The SMILES string of the molecule is COc1cc(-n2cnc(Nc3nc(N4CCCC4CO[Si](C)(C)C(C)(C)C)c4c(C)nn(C5CCC5)c4n3)c2)cc(OC)c1OC. The maximum atomic E-state index is 6.74. The van der Waals surface area contributed by atoms with Gasteiger partial charge in [-0.15, -0.1) is 0 Å². The van der Waals surface area contributed by atoms with Gasteiger partial charge in [0, 0.05) is 18.7 Å². The van der Waals surface area contributed by atoms with Crippen LogP contribution in [0.3, 0.4) is 0 Å². The maximum absolute atomic E-state index is 6.74. The molecule has 46 heavy (non-hydrogen) atoms. The molecule has 3 aromatic heterocycles. The number of nitrogens with zero attached hydrogens (tertiary/aromatic N) is 7. The third kappa shape index (κ3) is 5.90. The number of fused-ring (bicyclic) bond motifs is 1. The van der Waals surface area contributed by atoms with Gasteiger partial charge in [-0.3, -0.25) is 0 Å². The van der Waals surface area contributed by atoms with Crippen LogP contribution in [0, 0.1) is 6.92 Å². The minimum atomic E-state index is -1.90. The summed E-state index contributed by atoms with van der Waals surface area (Å²) in [7, 11) is 2.90. The minimum Gasteiger partial charge on any atom is -0.493 e. The van der Waals surface area contributed by atoms with Crippen molar-refractivity contribution in [3.63, 3.8) is 0 Å². The number of imidazole rings is 1. The van der Waals surface area contributed by atoms with Gasteiger partial charge in [0.15, 0.2) is 31.3 Å². The highest BCUT2D eigenvalue weighted by Crippen LogP contribution is 2.41. The first-order valence-corrected chi connectivity index (χ1v) is 19.1. The van der Waals surface area contributed by atoms with Crippen LogP contribution in [0.4, 0.5) is 17.6 Å². The van der Waals surface area contributed by atoms with Gasteiger partial charge in [-0.1, -0.05) is 20.8 Å². The molecule has 1 saturated heterocycles. The lowest BCUT2D eigenvalue weighted by molar-refractivity contribution is 0.263. The van der Waals surface area contributed by atoms with Crippen molar-refractivity contribution in [3.05, 3.63) is 30.4 Å². The van der Waals surface area contributed by atoms with Crippen LogP contribution < -0.4 is 24.4 Å². The fourth-order valence-electron chi connectivity index (χ4n) is 6.00. The first-order valence-electron chi connectivity index (χ1n) is 16.2. The van der Waals surface area contributed by atoms with E-state index in [9.17, 15) is 0 Å². The van der Waals surface area contributed by atoms with E-state index in [4.69, 9.17) is 33.7 Å². The summed E-state index contributed by atoms with van der Waals surface area (Å²) < 4.78 is 27.4. The van der Waals surface area contributed by atoms with E-state index < -0.39 is 8.32 Å². The Labute approximate surface area is 272 Å². The lowest BCUT2D eigenvalue weighted by atomic mass is 9.93. The molecular formula is C33H48N8O4Si. The lowest BCUT2D eigenvalue weighted by Gasteiger charge is -2.38. The number of benzene rings is 1. The number of anilines is 3. The van der Waals surface area contributed by atoms with Gasteiger partial charge in [0.05, 0.1) is 63.0 Å². The van der Waals surface area contributed by atoms with Crippen LogP contribution in [0.15, 0.2) is 24.7 Å². The Bertz CT molecular complexity index is 1680. The van der Waals surface area contributed by atoms with E-state index in [1.54, 1.807) is 27.7 Å². The highest BCUT2D eigenvalue weighted by Gasteiger charge is 2.39. The van der Waals surface area contributed by atoms with Gasteiger partial charge in [-0.05, 0) is 57.2 Å². The molecule has 1 aliphatic heterocycles. The van der Waals surface area contributed by atoms with E-state index in [2.05, 4.69) is 60.7 Å². The van der Waals surface area contributed by atoms with Gasteiger partial charge in [0.25, 0.3) is 0 Å². The molecule has 6 rings (SSSR count). The van der Waals surface area contributed by atoms with Gasteiger partial charge in [-0.2, -0.15) is 15.1 Å². The van der Waals surface area contributed by atoms with Crippen molar-refractivity contribution in [3.8, 4) is 22.9 Å². The average Bonchev–Trinajstić information content (AvgIpc) is 3.73. The molecule has 0 bridgehead atoms. The van der Waals surface area contributed by atoms with Gasteiger partial charge >= 0.3 is 0 Å². The number of aromatic nitrogens is 6. The molecule has 2 fully saturated rings. The predicted molar refractivity (Wildman–Crippen MR) is 183 cm³/mol. The van der Waals surface area contributed by atoms with Gasteiger partial charge < -0.3 is 33.4 Å². The molecule has 2 aliphatic rings. The molecule has 248 valence electrons. The number of hydrogen-bond acceptors (Lipinski definition) is 10. The Morgan fingerprint density at radius 3 is 2.30 bits per heavy atom. The van der Waals surface area contributed by atoms with Crippen molar-refractivity contribution in [1.82, 2.24) is 29.3 Å². The zero-order valence-corrected chi connectivity index (χ0v) is 29.7. The fraction of sp³-hybridized carbons (Fsp3) is 0.576. The summed E-state index contributed by atoms with van der Waals surface area (Å²) >= 11 is 0. The lowest BCUT2D eigenvalue weighted by Crippen LogP contribution is -2.45. The minimum absolute atomic E-state index is 0.154. The molecule has 12 nitrogen and oxygen atoms in total. The van der Waals surface area contributed by atoms with E-state index in [0.29, 0.717) is 41.7 Å². The molecule has 0 radical (unpaired) electrons. The summed E-state index contributed by atoms with van der Waals surface area (Å²) in [6.45, 7) is 15.2. The quantitative estimate of drug-likeness (QED) is 0.174. The third-order valence-electron chi connectivity index (χ3n) is 9.99. The van der Waals surface area contributed by atoms with Crippen LogP contribution in [0.25, 0.3) is 16.7 Å². The van der Waals surface area contributed by atoms with Gasteiger partial charge in [-0.25, -0.2) is 9.67 Å². The Hall–Kier alpha value is -3.84. The Morgan fingerprint density at radius 2 is 1.70 bits per heavy atom. The third-order valence-corrected chi connectivity index (χ3v) is 14.5. The fourth-order valence-corrected chi connectivity index (χ4v) is 7.05. The van der Waals surface area contributed by atoms with E-state index in [1.807, 2.05) is 22.9 Å². The molecule has 1 aliphatic carbocycles. The van der Waals surface area contributed by atoms with Crippen molar-refractivity contribution in [2.24, 2.45) is 0 Å². The maximum Gasteiger partial charge on any atom is 0.232 e. The molecule has 1 saturated carbocycles. The smallest absolute Gasteiger partial charge is 0.232 e. The second kappa shape index (κ2) is 12.4. The molecule has 0 spiro atoms. The standard InChI is InChI=1S/C33H48N8O4Si/c1-21-28-30(40-15-11-14-23(40)19-45-46(8,9)33(2,3)4)36-32(37-31(28)41(38-21)22-12-10-13-22)35-27-18-39(20-34-27)24-16-25(42-5)29(44-7)26(17-24)43-6/h16-18,20,22-23H,10-15,19H2,1-9H3,(H,35,36,37). The summed E-state index contributed by atoms with van der Waals surface area (Å²) in [5, 5.41) is 9.59. The van der Waals surface area contributed by atoms with Crippen LogP contribution in [-0.4, -0.2) is 78.1 Å². The van der Waals surface area contributed by atoms with E-state index >= 15 is 0 Å². The van der Waals surface area contributed by atoms with Crippen LogP contribution in [0.5, 0.6) is 17.2 Å². The molecule has 13 heteroatoms. The highest BCUT2D eigenvalue weighted by atomic mass is 28.4. The molecular weight excluding hydrogens is 601 g/mol. The number of aryl methyl sites for hydroxylation is 1. The molecule has 1 N–H and O–H groups in total. The van der Waals surface area contributed by atoms with Crippen LogP contribution in [0.1, 0.15) is 64.6 Å². The molecule has 4 aromatic rings. The molecule has 1 aromatic carbocycles. The summed E-state index contributed by atoms with van der Waals surface area (Å²) in [6, 6.07) is 4.37. The van der Waals surface area contributed by atoms with E-state index in [0.717, 1.165) is 60.5 Å². The second-order valence-corrected chi connectivity index (χ2v) is 18.7. The average molecular weight is 649 g/mol. The summed E-state index contributed by atoms with van der Waals surface area (Å²) in [5.41, 5.74) is 2.65. The Kier molecular flexibility index (Phi) is 8.66. The number of rotatable bonds is 11. The summed E-state index contributed by atoms with van der Waals surface area (Å²) in [4.78, 5) is 17.3. The van der Waals surface area contributed by atoms with Crippen molar-refractivity contribution >= 4 is 36.9 Å². The Morgan fingerprint density at radius 1 is 0.978 bits per heavy atom. The number of methoxy groups -OCH3 is 3.